The Kier molecular flexibility index (Phi) is 2.29. The normalized spacial score (nSPS) is 28.9. The summed E-state index contributed by atoms with van der Waals surface area (Å²) in [5, 5.41) is 9.09. The third kappa shape index (κ3) is 1.23. The fraction of sp³-hybridized carbons (Fsp3) is 0.889. The van der Waals surface area contributed by atoms with E-state index in [0.29, 0.717) is 0 Å². The fourth-order valence-electron chi connectivity index (χ4n) is 2.00. The van der Waals surface area contributed by atoms with Crippen molar-refractivity contribution >= 4 is 11.8 Å². The lowest BCUT2D eigenvalue weighted by Crippen LogP contribution is -2.55. The summed E-state index contributed by atoms with van der Waals surface area (Å²) >= 11 is 2.01. The second-order valence-electron chi connectivity index (χ2n) is 3.60. The van der Waals surface area contributed by atoms with E-state index >= 15 is 0 Å². The van der Waals surface area contributed by atoms with E-state index in [2.05, 4.69) is 11.0 Å². The monoisotopic (exact) mass is 182 g/mol. The van der Waals surface area contributed by atoms with Crippen LogP contribution in [0.4, 0.5) is 0 Å². The predicted octanol–water partition coefficient (Wildman–Crippen LogP) is 1.48. The molecule has 1 aliphatic heterocycles. The first-order chi connectivity index (χ1) is 5.87. The van der Waals surface area contributed by atoms with Crippen molar-refractivity contribution in [3.8, 4) is 6.07 Å². The highest BCUT2D eigenvalue weighted by molar-refractivity contribution is 7.99. The average molecular weight is 182 g/mol. The van der Waals surface area contributed by atoms with Crippen LogP contribution in [0.1, 0.15) is 19.3 Å². The van der Waals surface area contributed by atoms with Crippen LogP contribution in [0, 0.1) is 11.3 Å². The van der Waals surface area contributed by atoms with Crippen molar-refractivity contribution in [2.45, 2.75) is 24.8 Å². The Balaban J connectivity index is 2.01. The van der Waals surface area contributed by atoms with Gasteiger partial charge in [-0.25, -0.2) is 0 Å². The summed E-state index contributed by atoms with van der Waals surface area (Å²) in [5.41, 5.74) is -0.0407. The van der Waals surface area contributed by atoms with Gasteiger partial charge < -0.3 is 0 Å². The molecule has 2 fully saturated rings. The summed E-state index contributed by atoms with van der Waals surface area (Å²) in [6.07, 6.45) is 3.46. The molecule has 0 bridgehead atoms. The van der Waals surface area contributed by atoms with Gasteiger partial charge in [-0.05, 0) is 19.3 Å². The molecule has 1 aliphatic carbocycles. The van der Waals surface area contributed by atoms with Crippen molar-refractivity contribution in [1.29, 1.82) is 5.26 Å². The molecule has 2 rings (SSSR count). The third-order valence-electron chi connectivity index (χ3n) is 3.01. The summed E-state index contributed by atoms with van der Waals surface area (Å²) < 4.78 is 0. The summed E-state index contributed by atoms with van der Waals surface area (Å²) in [5.74, 6) is 2.42. The molecule has 1 heterocycles. The molecule has 0 N–H and O–H groups in total. The molecule has 0 atom stereocenters. The minimum Gasteiger partial charge on any atom is -0.284 e. The Morgan fingerprint density at radius 2 is 1.92 bits per heavy atom. The zero-order valence-electron chi connectivity index (χ0n) is 7.25. The van der Waals surface area contributed by atoms with Gasteiger partial charge >= 0.3 is 0 Å². The topological polar surface area (TPSA) is 27.0 Å². The standard InChI is InChI=1S/C9H14N2S/c10-8-9(2-1-3-9)11-4-6-12-7-5-11/h1-7H2. The Morgan fingerprint density at radius 3 is 2.33 bits per heavy atom. The minimum absolute atomic E-state index is 0.0407. The molecule has 66 valence electrons. The maximum Gasteiger partial charge on any atom is 0.109 e. The molecule has 12 heavy (non-hydrogen) atoms. The van der Waals surface area contributed by atoms with Crippen LogP contribution in [0.25, 0.3) is 0 Å². The van der Waals surface area contributed by atoms with Crippen molar-refractivity contribution in [3.05, 3.63) is 0 Å². The smallest absolute Gasteiger partial charge is 0.109 e. The van der Waals surface area contributed by atoms with Crippen LogP contribution < -0.4 is 0 Å². The number of nitrogens with zero attached hydrogens (tertiary/aromatic N) is 2. The number of hydrogen-bond acceptors (Lipinski definition) is 3. The highest BCUT2D eigenvalue weighted by Crippen LogP contribution is 2.38. The van der Waals surface area contributed by atoms with Gasteiger partial charge in [0, 0.05) is 24.6 Å². The van der Waals surface area contributed by atoms with E-state index in [1.165, 1.54) is 17.9 Å². The highest BCUT2D eigenvalue weighted by Gasteiger charge is 2.42. The molecular formula is C9H14N2S. The molecule has 0 aromatic heterocycles. The van der Waals surface area contributed by atoms with Gasteiger partial charge in [0.25, 0.3) is 0 Å². The molecule has 2 aliphatic rings. The van der Waals surface area contributed by atoms with Gasteiger partial charge in [0.05, 0.1) is 6.07 Å². The van der Waals surface area contributed by atoms with Crippen LogP contribution in [-0.2, 0) is 0 Å². The largest absolute Gasteiger partial charge is 0.284 e. The Labute approximate surface area is 77.9 Å². The fourth-order valence-corrected chi connectivity index (χ4v) is 2.90. The Hall–Kier alpha value is -0.200. The molecular weight excluding hydrogens is 168 g/mol. The van der Waals surface area contributed by atoms with Crippen molar-refractivity contribution in [2.75, 3.05) is 24.6 Å². The van der Waals surface area contributed by atoms with Crippen LogP contribution in [0.15, 0.2) is 0 Å². The molecule has 0 spiro atoms. The van der Waals surface area contributed by atoms with E-state index in [1.807, 2.05) is 11.8 Å². The van der Waals surface area contributed by atoms with E-state index < -0.39 is 0 Å². The van der Waals surface area contributed by atoms with Crippen LogP contribution in [0.3, 0.4) is 0 Å². The van der Waals surface area contributed by atoms with Gasteiger partial charge in [0.2, 0.25) is 0 Å². The number of thioether (sulfide) groups is 1. The lowest BCUT2D eigenvalue weighted by atomic mass is 9.76. The summed E-state index contributed by atoms with van der Waals surface area (Å²) in [6, 6.07) is 2.50. The van der Waals surface area contributed by atoms with E-state index in [1.54, 1.807) is 0 Å². The third-order valence-corrected chi connectivity index (χ3v) is 3.95. The van der Waals surface area contributed by atoms with Gasteiger partial charge in [-0.1, -0.05) is 0 Å². The highest BCUT2D eigenvalue weighted by atomic mass is 32.2. The molecule has 0 amide bonds. The van der Waals surface area contributed by atoms with Crippen molar-refractivity contribution < 1.29 is 0 Å². The summed E-state index contributed by atoms with van der Waals surface area (Å²) in [6.45, 7) is 2.25. The molecule has 0 aromatic rings. The number of hydrogen-bond donors (Lipinski definition) is 0. The molecule has 0 aromatic carbocycles. The molecule has 1 saturated heterocycles. The van der Waals surface area contributed by atoms with Gasteiger partial charge in [0.1, 0.15) is 5.54 Å². The van der Waals surface area contributed by atoms with Crippen LogP contribution in [0.2, 0.25) is 0 Å². The van der Waals surface area contributed by atoms with E-state index in [-0.39, 0.29) is 5.54 Å². The molecule has 1 saturated carbocycles. The molecule has 3 heteroatoms. The first kappa shape index (κ1) is 8.40. The van der Waals surface area contributed by atoms with E-state index in [9.17, 15) is 0 Å². The van der Waals surface area contributed by atoms with Gasteiger partial charge in [-0.15, -0.1) is 0 Å². The van der Waals surface area contributed by atoms with Crippen molar-refractivity contribution in [1.82, 2.24) is 4.90 Å². The molecule has 2 nitrogen and oxygen atoms in total. The number of nitriles is 1. The summed E-state index contributed by atoms with van der Waals surface area (Å²) in [7, 11) is 0. The maximum atomic E-state index is 9.09. The first-order valence-corrected chi connectivity index (χ1v) is 5.77. The zero-order chi connectivity index (χ0) is 8.44. The van der Waals surface area contributed by atoms with Crippen molar-refractivity contribution in [2.24, 2.45) is 0 Å². The Bertz CT molecular complexity index is 199. The minimum atomic E-state index is -0.0407. The van der Waals surface area contributed by atoms with Crippen molar-refractivity contribution in [3.63, 3.8) is 0 Å². The maximum absolute atomic E-state index is 9.09. The average Bonchev–Trinajstić information content (AvgIpc) is 2.05. The lowest BCUT2D eigenvalue weighted by molar-refractivity contribution is 0.0755. The second-order valence-corrected chi connectivity index (χ2v) is 4.82. The van der Waals surface area contributed by atoms with E-state index in [0.717, 1.165) is 25.9 Å². The van der Waals surface area contributed by atoms with Crippen LogP contribution >= 0.6 is 11.8 Å². The quantitative estimate of drug-likeness (QED) is 0.614. The van der Waals surface area contributed by atoms with Gasteiger partial charge in [-0.3, -0.25) is 4.90 Å². The van der Waals surface area contributed by atoms with Crippen LogP contribution in [0.5, 0.6) is 0 Å². The lowest BCUT2D eigenvalue weighted by Gasteiger charge is -2.46. The van der Waals surface area contributed by atoms with Gasteiger partial charge in [0.15, 0.2) is 0 Å². The Morgan fingerprint density at radius 1 is 1.25 bits per heavy atom. The van der Waals surface area contributed by atoms with Gasteiger partial charge in [-0.2, -0.15) is 17.0 Å². The molecule has 0 radical (unpaired) electrons. The van der Waals surface area contributed by atoms with Crippen LogP contribution in [-0.4, -0.2) is 35.0 Å². The first-order valence-electron chi connectivity index (χ1n) is 4.61. The second kappa shape index (κ2) is 3.27. The molecule has 0 unspecified atom stereocenters. The van der Waals surface area contributed by atoms with E-state index in [4.69, 9.17) is 5.26 Å². The SMILES string of the molecule is N#CC1(N2CCSCC2)CCC1. The summed E-state index contributed by atoms with van der Waals surface area (Å²) in [4.78, 5) is 2.40. The predicted molar refractivity (Wildman–Crippen MR) is 51.1 cm³/mol. The zero-order valence-corrected chi connectivity index (χ0v) is 8.07. The number of rotatable bonds is 1.